The van der Waals surface area contributed by atoms with Crippen molar-refractivity contribution in [3.63, 3.8) is 0 Å². The monoisotopic (exact) mass is 323 g/mol. The highest BCUT2D eigenvalue weighted by atomic mass is 16.5. The van der Waals surface area contributed by atoms with Crippen LogP contribution in [0, 0.1) is 0 Å². The summed E-state index contributed by atoms with van der Waals surface area (Å²) in [6, 6.07) is 12.2. The summed E-state index contributed by atoms with van der Waals surface area (Å²) < 4.78 is 7.76. The van der Waals surface area contributed by atoms with Crippen molar-refractivity contribution < 1.29 is 4.74 Å². The maximum Gasteiger partial charge on any atom is 0.234 e. The summed E-state index contributed by atoms with van der Waals surface area (Å²) in [6.45, 7) is 3.82. The first-order valence-electron chi connectivity index (χ1n) is 8.26. The topological polar surface area (TPSA) is 68.7 Å². The van der Waals surface area contributed by atoms with E-state index in [1.54, 1.807) is 6.20 Å². The van der Waals surface area contributed by atoms with Gasteiger partial charge in [0.25, 0.3) is 0 Å². The van der Waals surface area contributed by atoms with Gasteiger partial charge in [-0.2, -0.15) is 0 Å². The van der Waals surface area contributed by atoms with Crippen molar-refractivity contribution in [1.29, 1.82) is 0 Å². The Morgan fingerprint density at radius 2 is 2.08 bits per heavy atom. The maximum atomic E-state index is 5.77. The molecular formula is C18H21N5O. The summed E-state index contributed by atoms with van der Waals surface area (Å²) in [5, 5.41) is 0. The zero-order valence-electron chi connectivity index (χ0n) is 13.5. The van der Waals surface area contributed by atoms with Crippen molar-refractivity contribution in [3.8, 4) is 11.3 Å². The van der Waals surface area contributed by atoms with Crippen LogP contribution in [0.4, 0.5) is 0 Å². The van der Waals surface area contributed by atoms with Crippen LogP contribution in [0.2, 0.25) is 0 Å². The number of ether oxygens (including phenoxy) is 1. The fourth-order valence-electron chi connectivity index (χ4n) is 3.19. The van der Waals surface area contributed by atoms with Gasteiger partial charge in [-0.15, -0.1) is 0 Å². The van der Waals surface area contributed by atoms with Gasteiger partial charge in [-0.05, 0) is 6.07 Å². The molecule has 0 bridgehead atoms. The third kappa shape index (κ3) is 2.91. The summed E-state index contributed by atoms with van der Waals surface area (Å²) in [6.07, 6.45) is 3.91. The van der Waals surface area contributed by atoms with E-state index in [1.165, 1.54) is 0 Å². The van der Waals surface area contributed by atoms with Gasteiger partial charge in [0, 0.05) is 44.1 Å². The molecule has 3 heterocycles. The number of aromatic nitrogens is 3. The van der Waals surface area contributed by atoms with Crippen LogP contribution in [-0.4, -0.2) is 51.6 Å². The number of hydrogen-bond acceptors (Lipinski definition) is 5. The fourth-order valence-corrected chi connectivity index (χ4v) is 3.19. The molecule has 0 amide bonds. The summed E-state index contributed by atoms with van der Waals surface area (Å²) in [5.41, 5.74) is 9.03. The van der Waals surface area contributed by atoms with Crippen molar-refractivity contribution in [3.05, 3.63) is 54.5 Å². The predicted octanol–water partition coefficient (Wildman–Crippen LogP) is 1.56. The van der Waals surface area contributed by atoms with Gasteiger partial charge in [-0.1, -0.05) is 30.3 Å². The number of morpholine rings is 1. The van der Waals surface area contributed by atoms with Crippen LogP contribution in [0.15, 0.2) is 48.8 Å². The maximum absolute atomic E-state index is 5.77. The normalized spacial score (nSPS) is 19.0. The zero-order valence-corrected chi connectivity index (χ0v) is 13.5. The van der Waals surface area contributed by atoms with Gasteiger partial charge in [0.05, 0.1) is 24.1 Å². The Kier molecular flexibility index (Phi) is 4.25. The second kappa shape index (κ2) is 6.68. The number of imidazole rings is 1. The van der Waals surface area contributed by atoms with Gasteiger partial charge in [0.2, 0.25) is 5.78 Å². The summed E-state index contributed by atoms with van der Waals surface area (Å²) in [4.78, 5) is 11.5. The molecule has 1 aliphatic heterocycles. The minimum Gasteiger partial charge on any atom is -0.374 e. The van der Waals surface area contributed by atoms with Crippen LogP contribution in [0.5, 0.6) is 0 Å². The molecule has 0 unspecified atom stereocenters. The van der Waals surface area contributed by atoms with Crippen molar-refractivity contribution in [2.45, 2.75) is 12.6 Å². The van der Waals surface area contributed by atoms with E-state index in [1.807, 2.05) is 30.5 Å². The zero-order chi connectivity index (χ0) is 16.4. The summed E-state index contributed by atoms with van der Waals surface area (Å²) >= 11 is 0. The van der Waals surface area contributed by atoms with Crippen molar-refractivity contribution in [1.82, 2.24) is 19.3 Å². The highest BCUT2D eigenvalue weighted by molar-refractivity contribution is 5.65. The Bertz CT molecular complexity index is 817. The van der Waals surface area contributed by atoms with E-state index in [9.17, 15) is 0 Å². The highest BCUT2D eigenvalue weighted by Gasteiger charge is 2.22. The molecule has 3 aromatic rings. The molecule has 0 radical (unpaired) electrons. The van der Waals surface area contributed by atoms with Crippen LogP contribution in [0.1, 0.15) is 5.69 Å². The van der Waals surface area contributed by atoms with Crippen molar-refractivity contribution in [2.24, 2.45) is 5.73 Å². The van der Waals surface area contributed by atoms with Gasteiger partial charge < -0.3 is 10.5 Å². The number of rotatable bonds is 4. The molecule has 0 aliphatic carbocycles. The smallest absolute Gasteiger partial charge is 0.234 e. The summed E-state index contributed by atoms with van der Waals surface area (Å²) in [7, 11) is 0. The lowest BCUT2D eigenvalue weighted by molar-refractivity contribution is -0.0264. The van der Waals surface area contributed by atoms with Crippen molar-refractivity contribution in [2.75, 3.05) is 26.2 Å². The van der Waals surface area contributed by atoms with Crippen LogP contribution >= 0.6 is 0 Å². The molecule has 4 rings (SSSR count). The number of hydrogen-bond donors (Lipinski definition) is 1. The Balaban J connectivity index is 1.73. The number of benzene rings is 1. The van der Waals surface area contributed by atoms with Crippen molar-refractivity contribution >= 4 is 5.78 Å². The third-order valence-corrected chi connectivity index (χ3v) is 4.41. The molecule has 1 atom stereocenters. The van der Waals surface area contributed by atoms with Crippen LogP contribution in [0.25, 0.3) is 17.0 Å². The van der Waals surface area contributed by atoms with E-state index in [2.05, 4.69) is 26.4 Å². The van der Waals surface area contributed by atoms with Gasteiger partial charge in [0.1, 0.15) is 0 Å². The van der Waals surface area contributed by atoms with E-state index in [0.29, 0.717) is 6.54 Å². The quantitative estimate of drug-likeness (QED) is 0.789. The molecule has 6 nitrogen and oxygen atoms in total. The second-order valence-electron chi connectivity index (χ2n) is 6.03. The first kappa shape index (κ1) is 15.3. The molecule has 24 heavy (non-hydrogen) atoms. The number of nitrogens with two attached hydrogens (primary N) is 1. The lowest BCUT2D eigenvalue weighted by atomic mass is 10.1. The van der Waals surface area contributed by atoms with Gasteiger partial charge >= 0.3 is 0 Å². The highest BCUT2D eigenvalue weighted by Crippen LogP contribution is 2.25. The number of nitrogens with zero attached hydrogens (tertiary/aromatic N) is 4. The molecule has 1 aliphatic rings. The van der Waals surface area contributed by atoms with E-state index in [-0.39, 0.29) is 6.10 Å². The Hall–Kier alpha value is -2.28. The molecule has 2 N–H and O–H groups in total. The van der Waals surface area contributed by atoms with E-state index in [4.69, 9.17) is 15.5 Å². The molecule has 2 aromatic heterocycles. The number of fused-ring (bicyclic) bond motifs is 1. The fraction of sp³-hybridized carbons (Fsp3) is 0.333. The minimum atomic E-state index is 0.108. The standard InChI is InChI=1S/C18H21N5O/c19-11-15-12-22(9-10-24-15)13-16-17(14-5-2-1-3-6-14)21-18-20-7-4-8-23(16)18/h1-8,15H,9-13,19H2/t15-/m1/s1. The van der Waals surface area contributed by atoms with Gasteiger partial charge in [-0.25, -0.2) is 9.97 Å². The Morgan fingerprint density at radius 1 is 1.21 bits per heavy atom. The molecule has 1 saturated heterocycles. The first-order valence-corrected chi connectivity index (χ1v) is 8.26. The van der Waals surface area contributed by atoms with Crippen LogP contribution in [0.3, 0.4) is 0 Å². The van der Waals surface area contributed by atoms with Gasteiger partial charge in [-0.3, -0.25) is 9.30 Å². The molecular weight excluding hydrogens is 302 g/mol. The summed E-state index contributed by atoms with van der Waals surface area (Å²) in [5.74, 6) is 0.731. The lowest BCUT2D eigenvalue weighted by Crippen LogP contribution is -2.45. The average molecular weight is 323 g/mol. The molecule has 6 heteroatoms. The van der Waals surface area contributed by atoms with E-state index >= 15 is 0 Å². The largest absolute Gasteiger partial charge is 0.374 e. The first-order chi connectivity index (χ1) is 11.8. The molecule has 0 spiro atoms. The SMILES string of the molecule is NC[C@@H]1CN(Cc2c(-c3ccccc3)nc3ncccn23)CCO1. The van der Waals surface area contributed by atoms with Crippen LogP contribution in [-0.2, 0) is 11.3 Å². The molecule has 1 aromatic carbocycles. The Labute approximate surface area is 140 Å². The Morgan fingerprint density at radius 3 is 2.92 bits per heavy atom. The lowest BCUT2D eigenvalue weighted by Gasteiger charge is -2.32. The minimum absolute atomic E-state index is 0.108. The van der Waals surface area contributed by atoms with Gasteiger partial charge in [0.15, 0.2) is 0 Å². The molecule has 1 fully saturated rings. The predicted molar refractivity (Wildman–Crippen MR) is 92.5 cm³/mol. The second-order valence-corrected chi connectivity index (χ2v) is 6.03. The molecule has 0 saturated carbocycles. The van der Waals surface area contributed by atoms with Crippen LogP contribution < -0.4 is 5.73 Å². The van der Waals surface area contributed by atoms with E-state index in [0.717, 1.165) is 49.0 Å². The van der Waals surface area contributed by atoms with E-state index < -0.39 is 0 Å². The average Bonchev–Trinajstić information content (AvgIpc) is 3.01. The molecule has 124 valence electrons. The third-order valence-electron chi connectivity index (χ3n) is 4.41.